The van der Waals surface area contributed by atoms with Gasteiger partial charge in [-0.1, -0.05) is 27.7 Å². The van der Waals surface area contributed by atoms with Crippen molar-refractivity contribution in [2.45, 2.75) is 65.0 Å². The Bertz CT molecular complexity index is 596. The van der Waals surface area contributed by atoms with Crippen LogP contribution in [0.4, 0.5) is 4.79 Å². The highest BCUT2D eigenvalue weighted by molar-refractivity contribution is 6.07. The van der Waals surface area contributed by atoms with Gasteiger partial charge in [-0.15, -0.1) is 0 Å². The Morgan fingerprint density at radius 2 is 1.81 bits per heavy atom. The summed E-state index contributed by atoms with van der Waals surface area (Å²) in [5, 5.41) is 3.01. The van der Waals surface area contributed by atoms with E-state index in [1.807, 2.05) is 18.7 Å². The molecule has 1 spiro atoms. The van der Waals surface area contributed by atoms with E-state index in [1.165, 1.54) is 4.90 Å². The number of rotatable bonds is 4. The van der Waals surface area contributed by atoms with Gasteiger partial charge in [0.25, 0.3) is 5.91 Å². The van der Waals surface area contributed by atoms with Crippen molar-refractivity contribution in [1.29, 1.82) is 0 Å². The van der Waals surface area contributed by atoms with E-state index in [-0.39, 0.29) is 29.8 Å². The molecule has 3 aliphatic rings. The fourth-order valence-corrected chi connectivity index (χ4v) is 4.68. The first-order valence-electron chi connectivity index (χ1n) is 10.4. The van der Waals surface area contributed by atoms with Gasteiger partial charge in [-0.25, -0.2) is 4.79 Å². The lowest BCUT2D eigenvalue weighted by Crippen LogP contribution is -2.56. The number of nitrogens with zero attached hydrogens (tertiary/aromatic N) is 3. The number of urea groups is 1. The monoisotopic (exact) mass is 378 g/mol. The van der Waals surface area contributed by atoms with E-state index < -0.39 is 5.54 Å². The van der Waals surface area contributed by atoms with Gasteiger partial charge in [-0.05, 0) is 31.6 Å². The number of carbonyl (C=O) groups is 3. The molecule has 1 N–H and O–H groups in total. The summed E-state index contributed by atoms with van der Waals surface area (Å²) in [7, 11) is 0. The van der Waals surface area contributed by atoms with Crippen LogP contribution in [-0.2, 0) is 9.59 Å². The van der Waals surface area contributed by atoms with E-state index >= 15 is 0 Å². The molecule has 1 atom stereocenters. The van der Waals surface area contributed by atoms with E-state index in [0.717, 1.165) is 32.5 Å². The lowest BCUT2D eigenvalue weighted by atomic mass is 9.86. The zero-order valence-electron chi connectivity index (χ0n) is 17.2. The van der Waals surface area contributed by atoms with Crippen LogP contribution in [0.2, 0.25) is 0 Å². The van der Waals surface area contributed by atoms with Crippen LogP contribution < -0.4 is 5.32 Å². The molecule has 3 saturated heterocycles. The maximum absolute atomic E-state index is 13.3. The summed E-state index contributed by atoms with van der Waals surface area (Å²) in [6.45, 7) is 12.0. The van der Waals surface area contributed by atoms with E-state index in [1.54, 1.807) is 0 Å². The van der Waals surface area contributed by atoms with Crippen molar-refractivity contribution in [2.75, 3.05) is 32.7 Å². The van der Waals surface area contributed by atoms with Gasteiger partial charge in [0.1, 0.15) is 5.54 Å². The summed E-state index contributed by atoms with van der Waals surface area (Å²) in [6, 6.07) is -0.483. The molecule has 3 fully saturated rings. The fourth-order valence-electron chi connectivity index (χ4n) is 4.68. The van der Waals surface area contributed by atoms with Crippen molar-refractivity contribution in [2.24, 2.45) is 11.8 Å². The molecule has 27 heavy (non-hydrogen) atoms. The zero-order valence-corrected chi connectivity index (χ0v) is 17.2. The van der Waals surface area contributed by atoms with Gasteiger partial charge >= 0.3 is 6.03 Å². The van der Waals surface area contributed by atoms with Crippen LogP contribution in [0.1, 0.15) is 53.4 Å². The van der Waals surface area contributed by atoms with Crippen LogP contribution in [0.3, 0.4) is 0 Å². The van der Waals surface area contributed by atoms with Gasteiger partial charge < -0.3 is 15.1 Å². The average Bonchev–Trinajstić information content (AvgIpc) is 2.86. The van der Waals surface area contributed by atoms with E-state index in [9.17, 15) is 14.4 Å². The first-order valence-corrected chi connectivity index (χ1v) is 10.4. The van der Waals surface area contributed by atoms with Gasteiger partial charge in [-0.3, -0.25) is 14.5 Å². The van der Waals surface area contributed by atoms with Crippen molar-refractivity contribution in [3.05, 3.63) is 0 Å². The molecule has 1 unspecified atom stereocenters. The molecule has 0 aromatic carbocycles. The number of carbonyl (C=O) groups excluding carboxylic acids is 3. The lowest BCUT2D eigenvalue weighted by molar-refractivity contribution is -0.140. The molecule has 0 aromatic rings. The highest BCUT2D eigenvalue weighted by Gasteiger charge is 2.54. The Labute approximate surface area is 162 Å². The number of likely N-dealkylation sites (tertiary alicyclic amines) is 2. The first-order chi connectivity index (χ1) is 12.7. The van der Waals surface area contributed by atoms with E-state index in [4.69, 9.17) is 0 Å². The van der Waals surface area contributed by atoms with Gasteiger partial charge in [0.05, 0.1) is 6.04 Å². The van der Waals surface area contributed by atoms with Gasteiger partial charge in [0.2, 0.25) is 5.91 Å². The molecule has 3 aliphatic heterocycles. The maximum atomic E-state index is 13.3. The quantitative estimate of drug-likeness (QED) is 0.756. The second-order valence-corrected chi connectivity index (χ2v) is 9.12. The Kier molecular flexibility index (Phi) is 5.79. The smallest absolute Gasteiger partial charge is 0.325 e. The fraction of sp³-hybridized carbons (Fsp3) is 0.850. The van der Waals surface area contributed by atoms with Crippen molar-refractivity contribution in [1.82, 2.24) is 20.0 Å². The van der Waals surface area contributed by atoms with Gasteiger partial charge in [-0.2, -0.15) is 0 Å². The summed E-state index contributed by atoms with van der Waals surface area (Å²) in [5.41, 5.74) is -0.741. The number of hydrogen-bond acceptors (Lipinski definition) is 4. The Hall–Kier alpha value is -1.63. The lowest BCUT2D eigenvalue weighted by Gasteiger charge is -2.39. The van der Waals surface area contributed by atoms with Crippen LogP contribution in [0, 0.1) is 11.8 Å². The Balaban J connectivity index is 1.67. The number of imide groups is 1. The molecule has 3 heterocycles. The van der Waals surface area contributed by atoms with Gasteiger partial charge in [0.15, 0.2) is 0 Å². The Morgan fingerprint density at radius 3 is 2.41 bits per heavy atom. The molecule has 0 saturated carbocycles. The number of amides is 4. The molecule has 0 aliphatic carbocycles. The van der Waals surface area contributed by atoms with Crippen LogP contribution in [-0.4, -0.2) is 76.8 Å². The third-order valence-corrected chi connectivity index (χ3v) is 6.09. The van der Waals surface area contributed by atoms with Crippen molar-refractivity contribution in [3.63, 3.8) is 0 Å². The predicted molar refractivity (Wildman–Crippen MR) is 103 cm³/mol. The van der Waals surface area contributed by atoms with E-state index in [0.29, 0.717) is 31.8 Å². The largest absolute Gasteiger partial charge is 0.340 e. The van der Waals surface area contributed by atoms with Crippen LogP contribution >= 0.6 is 0 Å². The molecule has 3 rings (SSSR count). The number of nitrogens with one attached hydrogen (secondary N) is 1. The molecule has 0 bridgehead atoms. The predicted octanol–water partition coefficient (Wildman–Crippen LogP) is 1.68. The Morgan fingerprint density at radius 1 is 1.15 bits per heavy atom. The molecular weight excluding hydrogens is 344 g/mol. The SMILES string of the molecule is CC(C)CN1CCC2(CC1)NC(=O)N(C1CCCN(C(=O)C(C)C)C1)C2=O. The topological polar surface area (TPSA) is 73.0 Å². The normalized spacial score (nSPS) is 26.4. The number of hydrogen-bond donors (Lipinski definition) is 1. The minimum Gasteiger partial charge on any atom is -0.340 e. The molecule has 0 aromatic heterocycles. The molecule has 152 valence electrons. The minimum atomic E-state index is -0.741. The molecule has 0 radical (unpaired) electrons. The summed E-state index contributed by atoms with van der Waals surface area (Å²) in [6.07, 6.45) is 2.94. The van der Waals surface area contributed by atoms with Crippen molar-refractivity contribution >= 4 is 17.8 Å². The highest BCUT2D eigenvalue weighted by Crippen LogP contribution is 2.32. The van der Waals surface area contributed by atoms with Crippen LogP contribution in [0.15, 0.2) is 0 Å². The molecular formula is C20H34N4O3. The molecule has 7 nitrogen and oxygen atoms in total. The van der Waals surface area contributed by atoms with Crippen LogP contribution in [0.5, 0.6) is 0 Å². The summed E-state index contributed by atoms with van der Waals surface area (Å²) < 4.78 is 0. The summed E-state index contributed by atoms with van der Waals surface area (Å²) in [5.74, 6) is 0.545. The second-order valence-electron chi connectivity index (χ2n) is 9.12. The standard InChI is InChI=1S/C20H34N4O3/c1-14(2)12-22-10-7-20(8-11-22)18(26)24(19(27)21-20)16-6-5-9-23(13-16)17(25)15(3)4/h14-16H,5-13H2,1-4H3,(H,21,27). The van der Waals surface area contributed by atoms with E-state index in [2.05, 4.69) is 24.1 Å². The average molecular weight is 379 g/mol. The highest BCUT2D eigenvalue weighted by atomic mass is 16.2. The first kappa shape index (κ1) is 20.1. The second kappa shape index (κ2) is 7.78. The zero-order chi connectivity index (χ0) is 19.8. The maximum Gasteiger partial charge on any atom is 0.325 e. The summed E-state index contributed by atoms with van der Waals surface area (Å²) >= 11 is 0. The van der Waals surface area contributed by atoms with Crippen LogP contribution in [0.25, 0.3) is 0 Å². The van der Waals surface area contributed by atoms with Crippen molar-refractivity contribution < 1.29 is 14.4 Å². The number of piperidine rings is 2. The van der Waals surface area contributed by atoms with Gasteiger partial charge in [0, 0.05) is 38.6 Å². The molecule has 4 amide bonds. The third kappa shape index (κ3) is 3.98. The minimum absolute atomic E-state index is 0.0662. The summed E-state index contributed by atoms with van der Waals surface area (Å²) in [4.78, 5) is 43.9. The third-order valence-electron chi connectivity index (χ3n) is 6.09. The molecule has 7 heteroatoms. The van der Waals surface area contributed by atoms with Crippen molar-refractivity contribution in [3.8, 4) is 0 Å².